The van der Waals surface area contributed by atoms with Crippen LogP contribution in [-0.4, -0.2) is 56.9 Å². The Hall–Kier alpha value is -1.68. The van der Waals surface area contributed by atoms with Crippen LogP contribution in [-0.2, 0) is 10.0 Å². The van der Waals surface area contributed by atoms with Crippen molar-refractivity contribution in [1.82, 2.24) is 19.7 Å². The minimum atomic E-state index is -3.25. The fourth-order valence-corrected chi connectivity index (χ4v) is 1.61. The highest BCUT2D eigenvalue weighted by Crippen LogP contribution is 2.09. The number of anilines is 2. The number of nitrogens with one attached hydrogen (secondary N) is 3. The van der Waals surface area contributed by atoms with E-state index in [1.165, 1.54) is 14.2 Å². The Morgan fingerprint density at radius 2 is 1.83 bits per heavy atom. The Morgan fingerprint density at radius 1 is 1.17 bits per heavy atom. The third kappa shape index (κ3) is 4.30. The van der Waals surface area contributed by atoms with Crippen molar-refractivity contribution in [1.29, 1.82) is 0 Å². The minimum absolute atomic E-state index is 0.0770. The van der Waals surface area contributed by atoms with Crippen LogP contribution in [0.1, 0.15) is 0 Å². The van der Waals surface area contributed by atoms with Gasteiger partial charge < -0.3 is 15.4 Å². The molecule has 0 fully saturated rings. The zero-order chi connectivity index (χ0) is 13.6. The molecule has 0 aromatic carbocycles. The second-order valence-corrected chi connectivity index (χ2v) is 5.22. The van der Waals surface area contributed by atoms with Gasteiger partial charge in [0.05, 0.1) is 12.9 Å². The Bertz CT molecular complexity index is 469. The van der Waals surface area contributed by atoms with Crippen molar-refractivity contribution in [3.8, 4) is 6.01 Å². The summed E-state index contributed by atoms with van der Waals surface area (Å²) in [6.45, 7) is 0.180. The number of rotatable bonds is 7. The number of sulfonamides is 1. The highest BCUT2D eigenvalue weighted by Gasteiger charge is 2.08. The normalized spacial score (nSPS) is 11.1. The largest absolute Gasteiger partial charge is 0.467 e. The van der Waals surface area contributed by atoms with E-state index in [0.29, 0.717) is 5.95 Å². The lowest BCUT2D eigenvalue weighted by atomic mass is 10.7. The maximum atomic E-state index is 11.2. The fraction of sp³-hybridized carbons (Fsp3) is 0.625. The first-order chi connectivity index (χ1) is 8.50. The molecule has 9 nitrogen and oxygen atoms in total. The van der Waals surface area contributed by atoms with Gasteiger partial charge in [0.1, 0.15) is 0 Å². The molecular weight excluding hydrogens is 260 g/mol. The average Bonchev–Trinajstić information content (AvgIpc) is 2.38. The molecule has 10 heteroatoms. The van der Waals surface area contributed by atoms with Crippen LogP contribution < -0.4 is 20.1 Å². The van der Waals surface area contributed by atoms with Gasteiger partial charge in [0.25, 0.3) is 0 Å². The summed E-state index contributed by atoms with van der Waals surface area (Å²) in [5.74, 6) is 0.505. The topological polar surface area (TPSA) is 118 Å². The van der Waals surface area contributed by atoms with Crippen molar-refractivity contribution in [3.63, 3.8) is 0 Å². The SMILES string of the molecule is CNc1nc(NCCS(=O)(=O)NC)nc(OC)n1. The zero-order valence-corrected chi connectivity index (χ0v) is 11.2. The number of hydrogen-bond donors (Lipinski definition) is 3. The number of hydrogen-bond acceptors (Lipinski definition) is 8. The molecule has 0 amide bonds. The number of ether oxygens (including phenoxy) is 1. The van der Waals surface area contributed by atoms with Crippen LogP contribution in [0.4, 0.5) is 11.9 Å². The molecular formula is C8H16N6O3S. The molecule has 0 saturated carbocycles. The first-order valence-corrected chi connectivity index (χ1v) is 6.79. The average molecular weight is 276 g/mol. The van der Waals surface area contributed by atoms with E-state index >= 15 is 0 Å². The molecule has 0 aliphatic rings. The summed E-state index contributed by atoms with van der Waals surface area (Å²) in [4.78, 5) is 11.9. The minimum Gasteiger partial charge on any atom is -0.467 e. The van der Waals surface area contributed by atoms with Crippen LogP contribution in [0.15, 0.2) is 0 Å². The fourth-order valence-electron chi connectivity index (χ4n) is 1.04. The van der Waals surface area contributed by atoms with Crippen LogP contribution in [0.25, 0.3) is 0 Å². The molecule has 1 aromatic rings. The maximum absolute atomic E-state index is 11.2. The predicted octanol–water partition coefficient (Wildman–Crippen LogP) is -1.12. The van der Waals surface area contributed by atoms with Crippen molar-refractivity contribution in [2.45, 2.75) is 0 Å². The number of methoxy groups -OCH3 is 1. The van der Waals surface area contributed by atoms with E-state index in [4.69, 9.17) is 4.74 Å². The van der Waals surface area contributed by atoms with Crippen molar-refractivity contribution >= 4 is 21.9 Å². The molecule has 1 heterocycles. The molecule has 0 saturated heterocycles. The summed E-state index contributed by atoms with van der Waals surface area (Å²) in [5, 5.41) is 5.53. The van der Waals surface area contributed by atoms with E-state index in [2.05, 4.69) is 30.3 Å². The van der Waals surface area contributed by atoms with E-state index < -0.39 is 10.0 Å². The van der Waals surface area contributed by atoms with Gasteiger partial charge in [-0.15, -0.1) is 0 Å². The Labute approximate surface area is 105 Å². The molecule has 0 unspecified atom stereocenters. The Balaban J connectivity index is 2.67. The lowest BCUT2D eigenvalue weighted by molar-refractivity contribution is 0.379. The molecule has 0 bridgehead atoms. The van der Waals surface area contributed by atoms with Crippen LogP contribution in [0.3, 0.4) is 0 Å². The molecule has 102 valence electrons. The molecule has 0 atom stereocenters. The van der Waals surface area contributed by atoms with E-state index in [1.54, 1.807) is 7.05 Å². The summed E-state index contributed by atoms with van der Waals surface area (Å²) in [7, 11) is 1.20. The second kappa shape index (κ2) is 6.31. The van der Waals surface area contributed by atoms with Crippen LogP contribution in [0.2, 0.25) is 0 Å². The molecule has 18 heavy (non-hydrogen) atoms. The highest BCUT2D eigenvalue weighted by molar-refractivity contribution is 7.89. The number of aromatic nitrogens is 3. The lowest BCUT2D eigenvalue weighted by Crippen LogP contribution is -2.26. The smallest absolute Gasteiger partial charge is 0.322 e. The lowest BCUT2D eigenvalue weighted by Gasteiger charge is -2.07. The third-order valence-electron chi connectivity index (χ3n) is 1.99. The van der Waals surface area contributed by atoms with Gasteiger partial charge in [0, 0.05) is 13.6 Å². The quantitative estimate of drug-likeness (QED) is 0.573. The van der Waals surface area contributed by atoms with Gasteiger partial charge in [-0.1, -0.05) is 0 Å². The molecule has 0 spiro atoms. The summed E-state index contributed by atoms with van der Waals surface area (Å²) in [5.41, 5.74) is 0. The van der Waals surface area contributed by atoms with Gasteiger partial charge in [-0.25, -0.2) is 13.1 Å². The molecule has 0 radical (unpaired) electrons. The van der Waals surface area contributed by atoms with E-state index in [0.717, 1.165) is 0 Å². The van der Waals surface area contributed by atoms with Crippen molar-refractivity contribution in [2.24, 2.45) is 0 Å². The molecule has 1 rings (SSSR count). The monoisotopic (exact) mass is 276 g/mol. The standard InChI is InChI=1S/C8H16N6O3S/c1-9-6-12-7(14-8(13-6)17-3)11-4-5-18(15,16)10-2/h10H,4-5H2,1-3H3,(H2,9,11,12,13,14). The van der Waals surface area contributed by atoms with Crippen LogP contribution in [0, 0.1) is 0 Å². The molecule has 0 aliphatic carbocycles. The van der Waals surface area contributed by atoms with Gasteiger partial charge in [-0.2, -0.15) is 15.0 Å². The summed E-state index contributed by atoms with van der Waals surface area (Å²) < 4.78 is 29.5. The van der Waals surface area contributed by atoms with Gasteiger partial charge in [0.2, 0.25) is 21.9 Å². The Kier molecular flexibility index (Phi) is 5.04. The van der Waals surface area contributed by atoms with Gasteiger partial charge in [-0.3, -0.25) is 0 Å². The van der Waals surface area contributed by atoms with Gasteiger partial charge in [0.15, 0.2) is 0 Å². The van der Waals surface area contributed by atoms with Crippen LogP contribution in [0.5, 0.6) is 6.01 Å². The first-order valence-electron chi connectivity index (χ1n) is 5.13. The van der Waals surface area contributed by atoms with Crippen LogP contribution >= 0.6 is 0 Å². The summed E-state index contributed by atoms with van der Waals surface area (Å²) >= 11 is 0. The van der Waals surface area contributed by atoms with Gasteiger partial charge >= 0.3 is 6.01 Å². The second-order valence-electron chi connectivity index (χ2n) is 3.17. The van der Waals surface area contributed by atoms with Crippen molar-refractivity contribution in [3.05, 3.63) is 0 Å². The molecule has 0 aliphatic heterocycles. The molecule has 3 N–H and O–H groups in total. The van der Waals surface area contributed by atoms with E-state index in [1.807, 2.05) is 0 Å². The summed E-state index contributed by atoms with van der Waals surface area (Å²) in [6.07, 6.45) is 0. The van der Waals surface area contributed by atoms with Crippen molar-refractivity contribution in [2.75, 3.05) is 44.1 Å². The Morgan fingerprint density at radius 3 is 2.39 bits per heavy atom. The predicted molar refractivity (Wildman–Crippen MR) is 67.3 cm³/mol. The first kappa shape index (κ1) is 14.4. The summed E-state index contributed by atoms with van der Waals surface area (Å²) in [6, 6.07) is 0.147. The van der Waals surface area contributed by atoms with E-state index in [-0.39, 0.29) is 24.3 Å². The maximum Gasteiger partial charge on any atom is 0.322 e. The van der Waals surface area contributed by atoms with Crippen molar-refractivity contribution < 1.29 is 13.2 Å². The third-order valence-corrected chi connectivity index (χ3v) is 3.35. The van der Waals surface area contributed by atoms with Gasteiger partial charge in [-0.05, 0) is 7.05 Å². The number of nitrogens with zero attached hydrogens (tertiary/aromatic N) is 3. The highest BCUT2D eigenvalue weighted by atomic mass is 32.2. The zero-order valence-electron chi connectivity index (χ0n) is 10.4. The molecule has 1 aromatic heterocycles. The van der Waals surface area contributed by atoms with E-state index in [9.17, 15) is 8.42 Å².